The molecule has 0 bridgehead atoms. The summed E-state index contributed by atoms with van der Waals surface area (Å²) in [7, 11) is -3.87. The zero-order valence-electron chi connectivity index (χ0n) is 13.6. The molecule has 0 aliphatic heterocycles. The average molecular weight is 355 g/mol. The van der Waals surface area contributed by atoms with E-state index in [-0.39, 0.29) is 10.6 Å². The molecule has 2 aromatic carbocycles. The number of aromatic nitrogens is 1. The monoisotopic (exact) mass is 355 g/mol. The van der Waals surface area contributed by atoms with E-state index < -0.39 is 15.9 Å². The fourth-order valence-electron chi connectivity index (χ4n) is 2.68. The Bertz CT molecular complexity index is 1060. The molecule has 1 aromatic heterocycles. The van der Waals surface area contributed by atoms with Gasteiger partial charge in [0, 0.05) is 17.3 Å². The van der Waals surface area contributed by atoms with Gasteiger partial charge in [0.15, 0.2) is 0 Å². The van der Waals surface area contributed by atoms with Crippen molar-refractivity contribution >= 4 is 32.4 Å². The van der Waals surface area contributed by atoms with Gasteiger partial charge in [-0.15, -0.1) is 0 Å². The highest BCUT2D eigenvalue weighted by atomic mass is 32.2. The summed E-state index contributed by atoms with van der Waals surface area (Å²) in [6, 6.07) is 13.9. The van der Waals surface area contributed by atoms with Crippen LogP contribution in [0.4, 0.5) is 5.69 Å². The molecule has 25 heavy (non-hydrogen) atoms. The number of fused-ring (bicyclic) bond motifs is 1. The number of amides is 1. The van der Waals surface area contributed by atoms with Crippen LogP contribution in [-0.2, 0) is 16.4 Å². The summed E-state index contributed by atoms with van der Waals surface area (Å²) in [4.78, 5) is 16.8. The molecule has 7 heteroatoms. The van der Waals surface area contributed by atoms with Crippen molar-refractivity contribution in [3.8, 4) is 0 Å². The maximum atomic E-state index is 12.6. The number of aryl methyl sites for hydroxylation is 1. The van der Waals surface area contributed by atoms with Crippen molar-refractivity contribution in [2.75, 3.05) is 5.32 Å². The first-order valence-electron chi connectivity index (χ1n) is 7.71. The molecular formula is C18H17N3O3S. The van der Waals surface area contributed by atoms with Crippen LogP contribution >= 0.6 is 0 Å². The molecule has 6 nitrogen and oxygen atoms in total. The van der Waals surface area contributed by atoms with Gasteiger partial charge in [0.2, 0.25) is 10.0 Å². The van der Waals surface area contributed by atoms with Crippen molar-refractivity contribution in [2.45, 2.75) is 18.2 Å². The lowest BCUT2D eigenvalue weighted by atomic mass is 10.1. The van der Waals surface area contributed by atoms with E-state index in [1.54, 1.807) is 18.3 Å². The van der Waals surface area contributed by atoms with E-state index in [2.05, 4.69) is 10.3 Å². The summed E-state index contributed by atoms with van der Waals surface area (Å²) in [5.74, 6) is -0.415. The molecule has 128 valence electrons. The Labute approximate surface area is 145 Å². The van der Waals surface area contributed by atoms with Crippen molar-refractivity contribution in [1.82, 2.24) is 4.98 Å². The van der Waals surface area contributed by atoms with Crippen LogP contribution in [-0.4, -0.2) is 19.3 Å². The summed E-state index contributed by atoms with van der Waals surface area (Å²) in [6.45, 7) is 1.84. The molecule has 0 aliphatic rings. The van der Waals surface area contributed by atoms with Crippen molar-refractivity contribution in [1.29, 1.82) is 0 Å². The number of rotatable bonds is 4. The highest BCUT2D eigenvalue weighted by Crippen LogP contribution is 2.22. The number of nitrogens with two attached hydrogens (primary N) is 1. The number of hydrogen-bond donors (Lipinski definition) is 2. The number of carbonyl (C=O) groups is 1. The van der Waals surface area contributed by atoms with Crippen molar-refractivity contribution in [3.63, 3.8) is 0 Å². The first-order chi connectivity index (χ1) is 11.9. The number of benzene rings is 2. The summed E-state index contributed by atoms with van der Waals surface area (Å²) in [6.07, 6.45) is 2.08. The number of primary sulfonamides is 1. The minimum Gasteiger partial charge on any atom is -0.321 e. The number of pyridine rings is 1. The summed E-state index contributed by atoms with van der Waals surface area (Å²) in [5, 5.41) is 9.58. The Morgan fingerprint density at radius 2 is 1.92 bits per heavy atom. The number of hydrogen-bond acceptors (Lipinski definition) is 4. The molecule has 0 fully saturated rings. The molecule has 3 aromatic rings. The van der Waals surface area contributed by atoms with Gasteiger partial charge in [-0.1, -0.05) is 37.3 Å². The molecule has 0 radical (unpaired) electrons. The fraction of sp³-hybridized carbons (Fsp3) is 0.111. The quantitative estimate of drug-likeness (QED) is 0.751. The van der Waals surface area contributed by atoms with E-state index in [1.807, 2.05) is 37.3 Å². The molecule has 0 saturated heterocycles. The van der Waals surface area contributed by atoms with E-state index in [9.17, 15) is 13.2 Å². The second kappa shape index (κ2) is 6.62. The minimum atomic E-state index is -3.87. The van der Waals surface area contributed by atoms with Crippen molar-refractivity contribution in [3.05, 3.63) is 66.0 Å². The fourth-order valence-corrected chi connectivity index (χ4v) is 3.55. The summed E-state index contributed by atoms with van der Waals surface area (Å²) in [5.41, 5.74) is 1.22. The molecule has 0 aliphatic carbocycles. The molecule has 3 rings (SSSR count). The summed E-state index contributed by atoms with van der Waals surface area (Å²) < 4.78 is 23.5. The lowest BCUT2D eigenvalue weighted by Gasteiger charge is -2.11. The number of carbonyl (C=O) groups excluding carboxylic acids is 1. The maximum absolute atomic E-state index is 12.6. The molecule has 0 unspecified atom stereocenters. The molecule has 0 spiro atoms. The van der Waals surface area contributed by atoms with E-state index >= 15 is 0 Å². The third kappa shape index (κ3) is 3.52. The minimum absolute atomic E-state index is 0.0127. The van der Waals surface area contributed by atoms with Crippen molar-refractivity contribution < 1.29 is 13.2 Å². The lowest BCUT2D eigenvalue weighted by molar-refractivity contribution is 0.102. The van der Waals surface area contributed by atoms with Gasteiger partial charge < -0.3 is 5.32 Å². The molecule has 3 N–H and O–H groups in total. The lowest BCUT2D eigenvalue weighted by Crippen LogP contribution is -2.17. The third-order valence-corrected chi connectivity index (χ3v) is 4.89. The Kier molecular flexibility index (Phi) is 4.52. The van der Waals surface area contributed by atoms with Crippen LogP contribution in [0.5, 0.6) is 0 Å². The molecule has 1 amide bonds. The number of anilines is 1. The van der Waals surface area contributed by atoms with Gasteiger partial charge in [0.25, 0.3) is 5.91 Å². The Morgan fingerprint density at radius 1 is 1.16 bits per heavy atom. The van der Waals surface area contributed by atoms with Gasteiger partial charge in [0.05, 0.1) is 4.90 Å². The second-order valence-electron chi connectivity index (χ2n) is 5.56. The number of nitrogens with zero attached hydrogens (tertiary/aromatic N) is 1. The van der Waals surface area contributed by atoms with E-state index in [0.29, 0.717) is 17.7 Å². The SMILES string of the molecule is CCc1ccc(NC(=O)c2nccc3ccccc23)cc1S(N)(=O)=O. The van der Waals surface area contributed by atoms with Gasteiger partial charge in [-0.3, -0.25) is 9.78 Å². The van der Waals surface area contributed by atoms with Crippen LogP contribution < -0.4 is 10.5 Å². The number of sulfonamides is 1. The maximum Gasteiger partial charge on any atom is 0.274 e. The number of nitrogens with one attached hydrogen (secondary N) is 1. The van der Waals surface area contributed by atoms with Gasteiger partial charge >= 0.3 is 0 Å². The van der Waals surface area contributed by atoms with E-state index in [0.717, 1.165) is 10.8 Å². The Balaban J connectivity index is 1.98. The molecule has 0 atom stereocenters. The Morgan fingerprint density at radius 3 is 2.64 bits per heavy atom. The van der Waals surface area contributed by atoms with Gasteiger partial charge in [0.1, 0.15) is 5.69 Å². The molecule has 0 saturated carbocycles. The van der Waals surface area contributed by atoms with Gasteiger partial charge in [-0.25, -0.2) is 13.6 Å². The second-order valence-corrected chi connectivity index (χ2v) is 7.09. The van der Waals surface area contributed by atoms with Crippen LogP contribution in [0.1, 0.15) is 23.0 Å². The zero-order chi connectivity index (χ0) is 18.0. The summed E-state index contributed by atoms with van der Waals surface area (Å²) >= 11 is 0. The van der Waals surface area contributed by atoms with Gasteiger partial charge in [-0.2, -0.15) is 0 Å². The first-order valence-corrected chi connectivity index (χ1v) is 9.25. The molecular weight excluding hydrogens is 338 g/mol. The Hall–Kier alpha value is -2.77. The van der Waals surface area contributed by atoms with Crippen molar-refractivity contribution in [2.24, 2.45) is 5.14 Å². The molecule has 1 heterocycles. The first kappa shape index (κ1) is 17.1. The highest BCUT2D eigenvalue weighted by molar-refractivity contribution is 7.89. The largest absolute Gasteiger partial charge is 0.321 e. The van der Waals surface area contributed by atoms with Gasteiger partial charge in [-0.05, 0) is 35.6 Å². The zero-order valence-corrected chi connectivity index (χ0v) is 14.4. The van der Waals surface area contributed by atoms with Crippen LogP contribution in [0.3, 0.4) is 0 Å². The highest BCUT2D eigenvalue weighted by Gasteiger charge is 2.16. The normalized spacial score (nSPS) is 11.4. The van der Waals surface area contributed by atoms with Crippen LogP contribution in [0.15, 0.2) is 59.6 Å². The van der Waals surface area contributed by atoms with E-state index in [4.69, 9.17) is 5.14 Å². The predicted octanol–water partition coefficient (Wildman–Crippen LogP) is 2.70. The standard InChI is InChI=1S/C18H17N3O3S/c1-2-12-7-8-14(11-16(12)25(19,23)24)21-18(22)17-15-6-4-3-5-13(15)9-10-20-17/h3-11H,2H2,1H3,(H,21,22)(H2,19,23,24). The van der Waals surface area contributed by atoms with Crippen LogP contribution in [0, 0.1) is 0 Å². The van der Waals surface area contributed by atoms with Crippen LogP contribution in [0.2, 0.25) is 0 Å². The topological polar surface area (TPSA) is 102 Å². The predicted molar refractivity (Wildman–Crippen MR) is 96.9 cm³/mol. The van der Waals surface area contributed by atoms with E-state index in [1.165, 1.54) is 6.07 Å². The van der Waals surface area contributed by atoms with Crippen LogP contribution in [0.25, 0.3) is 10.8 Å². The smallest absolute Gasteiger partial charge is 0.274 e. The third-order valence-electron chi connectivity index (χ3n) is 3.90. The average Bonchev–Trinajstić information content (AvgIpc) is 2.60.